The lowest BCUT2D eigenvalue weighted by Gasteiger charge is -2.34. The van der Waals surface area contributed by atoms with E-state index >= 15 is 0 Å². The van der Waals surface area contributed by atoms with Gasteiger partial charge in [-0.25, -0.2) is 4.98 Å². The van der Waals surface area contributed by atoms with Gasteiger partial charge in [-0.1, -0.05) is 42.5 Å². The molecule has 4 nitrogen and oxygen atoms in total. The van der Waals surface area contributed by atoms with Gasteiger partial charge in [0.1, 0.15) is 0 Å². The van der Waals surface area contributed by atoms with E-state index in [2.05, 4.69) is 52.3 Å². The first-order chi connectivity index (χ1) is 13.3. The number of rotatable bonds is 6. The summed E-state index contributed by atoms with van der Waals surface area (Å²) >= 11 is 0. The van der Waals surface area contributed by atoms with Crippen LogP contribution in [0, 0.1) is 5.92 Å². The summed E-state index contributed by atoms with van der Waals surface area (Å²) in [6.45, 7) is 3.25. The van der Waals surface area contributed by atoms with E-state index in [0.717, 1.165) is 50.1 Å². The molecule has 1 atom stereocenters. The Hall–Kier alpha value is -2.43. The van der Waals surface area contributed by atoms with Crippen LogP contribution in [0.25, 0.3) is 5.69 Å². The van der Waals surface area contributed by atoms with Gasteiger partial charge in [-0.05, 0) is 61.5 Å². The number of hydrogen-bond acceptors (Lipinski definition) is 3. The first kappa shape index (κ1) is 18.0. The molecule has 0 radical (unpaired) electrons. The number of benzene rings is 2. The largest absolute Gasteiger partial charge is 0.388 e. The summed E-state index contributed by atoms with van der Waals surface area (Å²) in [5, 5.41) is 10.8. The molecule has 1 aliphatic rings. The maximum absolute atomic E-state index is 10.8. The summed E-state index contributed by atoms with van der Waals surface area (Å²) in [6.07, 6.45) is 8.32. The van der Waals surface area contributed by atoms with Gasteiger partial charge in [0, 0.05) is 24.6 Å². The highest BCUT2D eigenvalue weighted by Gasteiger charge is 2.26. The van der Waals surface area contributed by atoms with Crippen molar-refractivity contribution in [2.24, 2.45) is 5.92 Å². The second-order valence-corrected chi connectivity index (χ2v) is 7.42. The van der Waals surface area contributed by atoms with Crippen molar-refractivity contribution < 1.29 is 5.11 Å². The number of aliphatic hydroxyl groups is 1. The Morgan fingerprint density at radius 2 is 1.74 bits per heavy atom. The zero-order chi connectivity index (χ0) is 18.5. The Morgan fingerprint density at radius 3 is 2.41 bits per heavy atom. The van der Waals surface area contributed by atoms with E-state index in [1.807, 2.05) is 22.9 Å². The van der Waals surface area contributed by atoms with Crippen molar-refractivity contribution in [1.29, 1.82) is 0 Å². The third-order valence-electron chi connectivity index (χ3n) is 5.68. The molecular weight excluding hydrogens is 334 g/mol. The summed E-state index contributed by atoms with van der Waals surface area (Å²) in [5.74, 6) is 0.345. The molecule has 4 rings (SSSR count). The quantitative estimate of drug-likeness (QED) is 0.725. The molecule has 0 spiro atoms. The predicted molar refractivity (Wildman–Crippen MR) is 108 cm³/mol. The molecule has 4 heteroatoms. The minimum absolute atomic E-state index is 0.345. The van der Waals surface area contributed by atoms with Gasteiger partial charge in [-0.3, -0.25) is 0 Å². The van der Waals surface area contributed by atoms with Gasteiger partial charge in [0.15, 0.2) is 0 Å². The second kappa shape index (κ2) is 8.51. The molecule has 27 heavy (non-hydrogen) atoms. The Labute approximate surface area is 161 Å². The summed E-state index contributed by atoms with van der Waals surface area (Å²) in [6, 6.07) is 18.9. The highest BCUT2D eigenvalue weighted by molar-refractivity contribution is 5.35. The van der Waals surface area contributed by atoms with Crippen molar-refractivity contribution in [2.45, 2.75) is 25.4 Å². The van der Waals surface area contributed by atoms with Gasteiger partial charge >= 0.3 is 0 Å². The Bertz CT molecular complexity index is 807. The average Bonchev–Trinajstić information content (AvgIpc) is 3.28. The van der Waals surface area contributed by atoms with Gasteiger partial charge in [0.05, 0.1) is 12.4 Å². The minimum Gasteiger partial charge on any atom is -0.388 e. The maximum Gasteiger partial charge on any atom is 0.0991 e. The fraction of sp³-hybridized carbons (Fsp3) is 0.348. The van der Waals surface area contributed by atoms with E-state index in [4.69, 9.17) is 0 Å². The van der Waals surface area contributed by atoms with Crippen molar-refractivity contribution in [3.05, 3.63) is 84.4 Å². The van der Waals surface area contributed by atoms with Gasteiger partial charge in [0.2, 0.25) is 0 Å². The molecule has 0 amide bonds. The molecule has 1 saturated heterocycles. The van der Waals surface area contributed by atoms with Crippen LogP contribution in [-0.2, 0) is 6.42 Å². The van der Waals surface area contributed by atoms with E-state index in [1.165, 1.54) is 5.56 Å². The molecule has 2 heterocycles. The molecule has 140 valence electrons. The predicted octanol–water partition coefficient (Wildman–Crippen LogP) is 3.86. The van der Waals surface area contributed by atoms with Crippen molar-refractivity contribution in [1.82, 2.24) is 14.5 Å². The normalized spacial score (nSPS) is 17.1. The summed E-state index contributed by atoms with van der Waals surface area (Å²) in [7, 11) is 0. The summed E-state index contributed by atoms with van der Waals surface area (Å²) in [4.78, 5) is 6.61. The topological polar surface area (TPSA) is 41.3 Å². The monoisotopic (exact) mass is 361 g/mol. The van der Waals surface area contributed by atoms with Crippen molar-refractivity contribution in [3.8, 4) is 5.69 Å². The maximum atomic E-state index is 10.8. The van der Waals surface area contributed by atoms with Crippen LogP contribution in [0.5, 0.6) is 0 Å². The highest BCUT2D eigenvalue weighted by atomic mass is 16.3. The van der Waals surface area contributed by atoms with Crippen molar-refractivity contribution >= 4 is 0 Å². The Morgan fingerprint density at radius 1 is 1.00 bits per heavy atom. The zero-order valence-corrected chi connectivity index (χ0v) is 15.6. The lowest BCUT2D eigenvalue weighted by Crippen LogP contribution is -2.36. The number of piperidine rings is 1. The van der Waals surface area contributed by atoms with Gasteiger partial charge < -0.3 is 14.6 Å². The molecule has 1 N–H and O–H groups in total. The van der Waals surface area contributed by atoms with E-state index in [-0.39, 0.29) is 6.10 Å². The number of aromatic nitrogens is 2. The lowest BCUT2D eigenvalue weighted by molar-refractivity contribution is 0.0592. The standard InChI is InChI=1S/C23H27N3O/c27-23(20-6-8-22(9-7-20)26-17-13-24-18-26)21-11-15-25(16-12-21)14-10-19-4-2-1-3-5-19/h1-9,13,17-18,21,23,27H,10-12,14-16H2. The van der Waals surface area contributed by atoms with E-state index in [9.17, 15) is 5.11 Å². The van der Waals surface area contributed by atoms with Gasteiger partial charge in [0.25, 0.3) is 0 Å². The minimum atomic E-state index is -0.377. The van der Waals surface area contributed by atoms with Crippen LogP contribution >= 0.6 is 0 Å². The second-order valence-electron chi connectivity index (χ2n) is 7.42. The van der Waals surface area contributed by atoms with Crippen molar-refractivity contribution in [3.63, 3.8) is 0 Å². The number of likely N-dealkylation sites (tertiary alicyclic amines) is 1. The van der Waals surface area contributed by atoms with E-state index in [1.54, 1.807) is 12.5 Å². The number of hydrogen-bond donors (Lipinski definition) is 1. The molecule has 1 fully saturated rings. The molecule has 3 aromatic rings. The van der Waals surface area contributed by atoms with Gasteiger partial charge in [-0.2, -0.15) is 0 Å². The van der Waals surface area contributed by atoms with Crippen LogP contribution in [0.15, 0.2) is 73.3 Å². The summed E-state index contributed by atoms with van der Waals surface area (Å²) in [5.41, 5.74) is 3.48. The first-order valence-corrected chi connectivity index (χ1v) is 9.82. The molecule has 1 aliphatic heterocycles. The SMILES string of the molecule is OC(c1ccc(-n2ccnc2)cc1)C1CCN(CCc2ccccc2)CC1. The van der Waals surface area contributed by atoms with Crippen LogP contribution in [0.1, 0.15) is 30.1 Å². The number of aliphatic hydroxyl groups excluding tert-OH is 1. The average molecular weight is 361 g/mol. The number of nitrogens with zero attached hydrogens (tertiary/aromatic N) is 3. The third-order valence-corrected chi connectivity index (χ3v) is 5.68. The highest BCUT2D eigenvalue weighted by Crippen LogP contribution is 2.31. The molecule has 2 aromatic carbocycles. The Kier molecular flexibility index (Phi) is 5.66. The number of imidazole rings is 1. The lowest BCUT2D eigenvalue weighted by atomic mass is 9.87. The van der Waals surface area contributed by atoms with Gasteiger partial charge in [-0.15, -0.1) is 0 Å². The molecule has 0 bridgehead atoms. The van der Waals surface area contributed by atoms with E-state index in [0.29, 0.717) is 5.92 Å². The fourth-order valence-electron chi connectivity index (χ4n) is 3.95. The van der Waals surface area contributed by atoms with Crippen LogP contribution in [0.2, 0.25) is 0 Å². The van der Waals surface area contributed by atoms with E-state index < -0.39 is 0 Å². The first-order valence-electron chi connectivity index (χ1n) is 9.82. The fourth-order valence-corrected chi connectivity index (χ4v) is 3.95. The van der Waals surface area contributed by atoms with Crippen LogP contribution in [0.4, 0.5) is 0 Å². The molecule has 1 aromatic heterocycles. The third kappa shape index (κ3) is 4.46. The zero-order valence-electron chi connectivity index (χ0n) is 15.6. The van der Waals surface area contributed by atoms with Crippen LogP contribution < -0.4 is 0 Å². The van der Waals surface area contributed by atoms with Crippen molar-refractivity contribution in [2.75, 3.05) is 19.6 Å². The van der Waals surface area contributed by atoms with Crippen LogP contribution in [0.3, 0.4) is 0 Å². The molecular formula is C23H27N3O. The molecule has 0 saturated carbocycles. The smallest absolute Gasteiger partial charge is 0.0991 e. The summed E-state index contributed by atoms with van der Waals surface area (Å²) < 4.78 is 1.97. The Balaban J connectivity index is 1.28. The van der Waals surface area contributed by atoms with Crippen LogP contribution in [-0.4, -0.2) is 39.2 Å². The molecule has 0 aliphatic carbocycles. The molecule has 1 unspecified atom stereocenters.